The lowest BCUT2D eigenvalue weighted by atomic mass is 10.1. The summed E-state index contributed by atoms with van der Waals surface area (Å²) >= 11 is 0. The van der Waals surface area contributed by atoms with Gasteiger partial charge in [0.05, 0.1) is 19.6 Å². The average molecular weight is 221 g/mol. The van der Waals surface area contributed by atoms with E-state index in [-0.39, 0.29) is 12.3 Å². The highest BCUT2D eigenvalue weighted by atomic mass is 16.5. The highest BCUT2D eigenvalue weighted by Crippen LogP contribution is 2.11. The third-order valence-electron chi connectivity index (χ3n) is 2.12. The van der Waals surface area contributed by atoms with Crippen molar-refractivity contribution in [3.8, 4) is 5.75 Å². The van der Waals surface area contributed by atoms with Crippen LogP contribution in [-0.2, 0) is 16.0 Å². The van der Waals surface area contributed by atoms with Crippen molar-refractivity contribution in [1.29, 1.82) is 0 Å². The zero-order chi connectivity index (χ0) is 12.0. The van der Waals surface area contributed by atoms with E-state index in [2.05, 4.69) is 5.32 Å². The molecule has 0 aliphatic heterocycles. The maximum atomic E-state index is 11.4. The highest BCUT2D eigenvalue weighted by Gasteiger charge is 2.06. The smallest absolute Gasteiger partial charge is 0.224 e. The van der Waals surface area contributed by atoms with Gasteiger partial charge in [0.1, 0.15) is 12.0 Å². The molecule has 0 bridgehead atoms. The molecule has 0 aliphatic rings. The molecule has 0 saturated heterocycles. The summed E-state index contributed by atoms with van der Waals surface area (Å²) < 4.78 is 5.01. The van der Waals surface area contributed by atoms with Gasteiger partial charge in [-0.1, -0.05) is 12.1 Å². The van der Waals surface area contributed by atoms with E-state index >= 15 is 0 Å². The van der Waals surface area contributed by atoms with E-state index in [0.717, 1.165) is 11.3 Å². The van der Waals surface area contributed by atoms with Gasteiger partial charge in [-0.05, 0) is 24.6 Å². The van der Waals surface area contributed by atoms with Crippen LogP contribution in [0.15, 0.2) is 24.3 Å². The summed E-state index contributed by atoms with van der Waals surface area (Å²) in [5.74, 6) is 0.593. The second-order valence-electron chi connectivity index (χ2n) is 3.52. The van der Waals surface area contributed by atoms with E-state index in [0.29, 0.717) is 6.29 Å². The number of methoxy groups -OCH3 is 1. The number of rotatable bonds is 5. The molecule has 1 rings (SSSR count). The summed E-state index contributed by atoms with van der Waals surface area (Å²) in [5.41, 5.74) is 0.886. The Balaban J connectivity index is 2.52. The standard InChI is InChI=1S/C12H15NO3/c1-9(8-14)13-12(15)7-10-3-5-11(16-2)6-4-10/h3-6,8-9H,7H2,1-2H3,(H,13,15)/t9-/m0/s1. The molecule has 0 aromatic heterocycles. The number of amides is 1. The Morgan fingerprint density at radius 2 is 2.06 bits per heavy atom. The van der Waals surface area contributed by atoms with Crippen LogP contribution in [0.25, 0.3) is 0 Å². The number of aldehydes is 1. The number of hydrogen-bond donors (Lipinski definition) is 1. The van der Waals surface area contributed by atoms with Crippen molar-refractivity contribution in [2.24, 2.45) is 0 Å². The first-order valence-corrected chi connectivity index (χ1v) is 5.03. The average Bonchev–Trinajstić information content (AvgIpc) is 2.29. The van der Waals surface area contributed by atoms with Gasteiger partial charge in [0, 0.05) is 0 Å². The van der Waals surface area contributed by atoms with Crippen molar-refractivity contribution in [1.82, 2.24) is 5.32 Å². The molecule has 1 aromatic rings. The first kappa shape index (κ1) is 12.2. The number of carbonyl (C=O) groups is 2. The molecule has 0 spiro atoms. The first-order chi connectivity index (χ1) is 7.65. The van der Waals surface area contributed by atoms with Crippen LogP contribution in [0.2, 0.25) is 0 Å². The van der Waals surface area contributed by atoms with Gasteiger partial charge >= 0.3 is 0 Å². The van der Waals surface area contributed by atoms with Crippen LogP contribution in [-0.4, -0.2) is 25.3 Å². The highest BCUT2D eigenvalue weighted by molar-refractivity contribution is 5.81. The minimum absolute atomic E-state index is 0.162. The van der Waals surface area contributed by atoms with Crippen LogP contribution in [0.5, 0.6) is 5.75 Å². The maximum Gasteiger partial charge on any atom is 0.224 e. The molecule has 1 amide bonds. The number of hydrogen-bond acceptors (Lipinski definition) is 3. The van der Waals surface area contributed by atoms with E-state index in [1.165, 1.54) is 0 Å². The van der Waals surface area contributed by atoms with Crippen LogP contribution in [0.4, 0.5) is 0 Å². The molecule has 86 valence electrons. The second-order valence-corrected chi connectivity index (χ2v) is 3.52. The molecule has 0 saturated carbocycles. The minimum Gasteiger partial charge on any atom is -0.497 e. The predicted molar refractivity (Wildman–Crippen MR) is 60.4 cm³/mol. The van der Waals surface area contributed by atoms with Crippen molar-refractivity contribution in [3.05, 3.63) is 29.8 Å². The van der Waals surface area contributed by atoms with E-state index in [1.807, 2.05) is 12.1 Å². The van der Waals surface area contributed by atoms with E-state index in [9.17, 15) is 9.59 Å². The van der Waals surface area contributed by atoms with Gasteiger partial charge in [-0.15, -0.1) is 0 Å². The van der Waals surface area contributed by atoms with Crippen molar-refractivity contribution in [3.63, 3.8) is 0 Å². The van der Waals surface area contributed by atoms with E-state index < -0.39 is 6.04 Å². The fourth-order valence-electron chi connectivity index (χ4n) is 1.27. The Hall–Kier alpha value is -1.84. The fraction of sp³-hybridized carbons (Fsp3) is 0.333. The summed E-state index contributed by atoms with van der Waals surface area (Å²) in [6.07, 6.45) is 0.966. The van der Waals surface area contributed by atoms with Gasteiger partial charge in [0.25, 0.3) is 0 Å². The molecule has 4 nitrogen and oxygen atoms in total. The third-order valence-corrected chi connectivity index (χ3v) is 2.12. The number of nitrogens with one attached hydrogen (secondary N) is 1. The zero-order valence-corrected chi connectivity index (χ0v) is 9.40. The quantitative estimate of drug-likeness (QED) is 0.753. The lowest BCUT2D eigenvalue weighted by molar-refractivity contribution is -0.123. The second kappa shape index (κ2) is 5.90. The predicted octanol–water partition coefficient (Wildman–Crippen LogP) is 0.941. The molecule has 0 unspecified atom stereocenters. The van der Waals surface area contributed by atoms with Crippen molar-refractivity contribution < 1.29 is 14.3 Å². The van der Waals surface area contributed by atoms with E-state index in [1.54, 1.807) is 26.2 Å². The van der Waals surface area contributed by atoms with Crippen molar-refractivity contribution in [2.45, 2.75) is 19.4 Å². The lowest BCUT2D eigenvalue weighted by Gasteiger charge is -2.07. The Morgan fingerprint density at radius 1 is 1.44 bits per heavy atom. The van der Waals surface area contributed by atoms with Crippen molar-refractivity contribution >= 4 is 12.2 Å². The van der Waals surface area contributed by atoms with Gasteiger partial charge in [-0.25, -0.2) is 0 Å². The third kappa shape index (κ3) is 3.73. The van der Waals surface area contributed by atoms with Crippen molar-refractivity contribution in [2.75, 3.05) is 7.11 Å². The molecule has 0 heterocycles. The molecular formula is C12H15NO3. The van der Waals surface area contributed by atoms with Gasteiger partial charge in [0.2, 0.25) is 5.91 Å². The molecule has 1 aromatic carbocycles. The van der Waals surface area contributed by atoms with E-state index in [4.69, 9.17) is 4.74 Å². The molecule has 4 heteroatoms. The molecular weight excluding hydrogens is 206 g/mol. The molecule has 0 aliphatic carbocycles. The Labute approximate surface area is 94.6 Å². The van der Waals surface area contributed by atoms with Gasteiger partial charge < -0.3 is 14.8 Å². The van der Waals surface area contributed by atoms with Crippen LogP contribution in [0.1, 0.15) is 12.5 Å². The molecule has 0 radical (unpaired) electrons. The van der Waals surface area contributed by atoms with Gasteiger partial charge in [-0.2, -0.15) is 0 Å². The fourth-order valence-corrected chi connectivity index (χ4v) is 1.27. The molecule has 1 atom stereocenters. The Morgan fingerprint density at radius 3 is 2.56 bits per heavy atom. The SMILES string of the molecule is COc1ccc(CC(=O)N[C@@H](C)C=O)cc1. The number of carbonyl (C=O) groups excluding carboxylic acids is 2. The summed E-state index contributed by atoms with van der Waals surface area (Å²) in [5, 5.41) is 2.57. The largest absolute Gasteiger partial charge is 0.497 e. The minimum atomic E-state index is -0.439. The zero-order valence-electron chi connectivity index (χ0n) is 9.40. The summed E-state index contributed by atoms with van der Waals surface area (Å²) in [7, 11) is 1.59. The van der Waals surface area contributed by atoms with Crippen LogP contribution < -0.4 is 10.1 Å². The summed E-state index contributed by atoms with van der Waals surface area (Å²) in [6, 6.07) is 6.80. The molecule has 16 heavy (non-hydrogen) atoms. The van der Waals surface area contributed by atoms with Gasteiger partial charge in [0.15, 0.2) is 0 Å². The monoisotopic (exact) mass is 221 g/mol. The molecule has 1 N–H and O–H groups in total. The van der Waals surface area contributed by atoms with Crippen LogP contribution in [0, 0.1) is 0 Å². The maximum absolute atomic E-state index is 11.4. The normalized spacial score (nSPS) is 11.6. The topological polar surface area (TPSA) is 55.4 Å². The summed E-state index contributed by atoms with van der Waals surface area (Å²) in [6.45, 7) is 1.64. The first-order valence-electron chi connectivity index (χ1n) is 5.03. The summed E-state index contributed by atoms with van der Waals surface area (Å²) in [4.78, 5) is 21.8. The Bertz CT molecular complexity index is 359. The number of benzene rings is 1. The lowest BCUT2D eigenvalue weighted by Crippen LogP contribution is -2.34. The number of ether oxygens (including phenoxy) is 1. The van der Waals surface area contributed by atoms with Crippen LogP contribution >= 0.6 is 0 Å². The van der Waals surface area contributed by atoms with Gasteiger partial charge in [-0.3, -0.25) is 4.79 Å². The van der Waals surface area contributed by atoms with Crippen LogP contribution in [0.3, 0.4) is 0 Å². The molecule has 0 fully saturated rings. The Kier molecular flexibility index (Phi) is 4.51.